The molecule has 0 unspecified atom stereocenters. The second kappa shape index (κ2) is 7.39. The molecule has 0 saturated heterocycles. The molecule has 1 aromatic rings. The molecule has 0 aliphatic heterocycles. The number of ketones is 1. The second-order valence-electron chi connectivity index (χ2n) is 6.63. The number of halogens is 1. The first kappa shape index (κ1) is 18.5. The number of carbonyl (C=O) groups excluding carboxylic acids is 2. The number of Topliss-reactive ketones (excluding diaryl/α,β-unsaturated/α-hetero) is 1. The first-order chi connectivity index (χ1) is 11.2. The molecule has 0 fully saturated rings. The molecule has 3 nitrogen and oxygen atoms in total. The first-order valence-electron chi connectivity index (χ1n) is 8.08. The van der Waals surface area contributed by atoms with E-state index in [4.69, 9.17) is 0 Å². The van der Waals surface area contributed by atoms with E-state index in [1.807, 2.05) is 46.8 Å². The Balaban J connectivity index is 2.50. The van der Waals surface area contributed by atoms with Crippen LogP contribution >= 0.6 is 15.9 Å². The number of rotatable bonds is 3. The largest absolute Gasteiger partial charge is 0.289 e. The van der Waals surface area contributed by atoms with Gasteiger partial charge in [0.25, 0.3) is 5.91 Å². The molecular formula is C20H22BrNO2. The topological polar surface area (TPSA) is 46.5 Å². The van der Waals surface area contributed by atoms with Gasteiger partial charge in [0.05, 0.1) is 10.2 Å². The molecule has 1 aromatic carbocycles. The molecule has 0 radical (unpaired) electrons. The van der Waals surface area contributed by atoms with Crippen molar-refractivity contribution in [2.45, 2.75) is 34.6 Å². The van der Waals surface area contributed by atoms with Crippen LogP contribution in [0.2, 0.25) is 0 Å². The summed E-state index contributed by atoms with van der Waals surface area (Å²) in [5.74, 6) is -0.145. The van der Waals surface area contributed by atoms with Crippen molar-refractivity contribution in [3.63, 3.8) is 0 Å². The smallest absolute Gasteiger partial charge is 0.277 e. The molecule has 0 aromatic heterocycles. The van der Waals surface area contributed by atoms with Crippen molar-refractivity contribution < 1.29 is 9.59 Å². The molecular weight excluding hydrogens is 366 g/mol. The van der Waals surface area contributed by atoms with Gasteiger partial charge in [0.15, 0.2) is 5.78 Å². The number of carbonyl (C=O) groups is 2. The summed E-state index contributed by atoms with van der Waals surface area (Å²) in [4.78, 5) is 29.4. The molecule has 0 heterocycles. The SMILES string of the molecule is Cc1ccc(C(=O)N=C2C=C(C(C)C)C(=O)C(C(C)C)=C2Br)cc1. The Labute approximate surface area is 151 Å². The van der Waals surface area contributed by atoms with Gasteiger partial charge < -0.3 is 0 Å². The third kappa shape index (κ3) is 3.81. The van der Waals surface area contributed by atoms with Gasteiger partial charge in [-0.2, -0.15) is 0 Å². The minimum Gasteiger partial charge on any atom is -0.289 e. The predicted molar refractivity (Wildman–Crippen MR) is 102 cm³/mol. The second-order valence-corrected chi connectivity index (χ2v) is 7.43. The minimum atomic E-state index is -0.307. The molecule has 1 aliphatic rings. The lowest BCUT2D eigenvalue weighted by Crippen LogP contribution is -2.23. The van der Waals surface area contributed by atoms with Crippen LogP contribution in [0.4, 0.5) is 0 Å². The minimum absolute atomic E-state index is 0.0357. The molecule has 1 aliphatic carbocycles. The summed E-state index contributed by atoms with van der Waals surface area (Å²) in [6.45, 7) is 9.85. The zero-order valence-corrected chi connectivity index (χ0v) is 16.3. The maximum Gasteiger partial charge on any atom is 0.277 e. The van der Waals surface area contributed by atoms with Gasteiger partial charge >= 0.3 is 0 Å². The van der Waals surface area contributed by atoms with Gasteiger partial charge in [-0.25, -0.2) is 4.99 Å². The lowest BCUT2D eigenvalue weighted by molar-refractivity contribution is -0.113. The summed E-state index contributed by atoms with van der Waals surface area (Å²) in [6.07, 6.45) is 1.73. The summed E-state index contributed by atoms with van der Waals surface area (Å²) < 4.78 is 0.618. The average molecular weight is 388 g/mol. The maximum atomic E-state index is 12.7. The first-order valence-corrected chi connectivity index (χ1v) is 8.87. The Bertz CT molecular complexity index is 765. The van der Waals surface area contributed by atoms with Gasteiger partial charge in [0.2, 0.25) is 0 Å². The Hall–Kier alpha value is -1.81. The number of allylic oxidation sites excluding steroid dienone is 4. The Morgan fingerprint density at radius 1 is 1.04 bits per heavy atom. The Morgan fingerprint density at radius 3 is 2.12 bits per heavy atom. The van der Waals surface area contributed by atoms with Crippen molar-refractivity contribution in [1.82, 2.24) is 0 Å². The molecule has 2 rings (SSSR count). The number of amides is 1. The van der Waals surface area contributed by atoms with E-state index < -0.39 is 0 Å². The number of hydrogen-bond donors (Lipinski definition) is 0. The highest BCUT2D eigenvalue weighted by molar-refractivity contribution is 9.12. The van der Waals surface area contributed by atoms with E-state index in [1.54, 1.807) is 18.2 Å². The third-order valence-electron chi connectivity index (χ3n) is 3.98. The molecule has 0 bridgehead atoms. The van der Waals surface area contributed by atoms with Gasteiger partial charge in [-0.15, -0.1) is 0 Å². The number of hydrogen-bond acceptors (Lipinski definition) is 2. The summed E-state index contributed by atoms with van der Waals surface area (Å²) in [7, 11) is 0. The van der Waals surface area contributed by atoms with Crippen LogP contribution in [0.25, 0.3) is 0 Å². The van der Waals surface area contributed by atoms with E-state index in [9.17, 15) is 9.59 Å². The average Bonchev–Trinajstić information content (AvgIpc) is 2.50. The van der Waals surface area contributed by atoms with Crippen molar-refractivity contribution in [3.8, 4) is 0 Å². The number of nitrogens with zero attached hydrogens (tertiary/aromatic N) is 1. The molecule has 0 spiro atoms. The maximum absolute atomic E-state index is 12.7. The summed E-state index contributed by atoms with van der Waals surface area (Å²) in [6, 6.07) is 7.31. The highest BCUT2D eigenvalue weighted by Crippen LogP contribution is 2.32. The fourth-order valence-corrected chi connectivity index (χ4v) is 3.41. The standard InChI is InChI=1S/C20H22BrNO2/c1-11(2)15-10-16(18(21)17(12(3)4)19(15)23)22-20(24)14-8-6-13(5)7-9-14/h6-12H,1-5H3. The van der Waals surface area contributed by atoms with Crippen molar-refractivity contribution >= 4 is 33.3 Å². The van der Waals surface area contributed by atoms with E-state index in [-0.39, 0.29) is 23.5 Å². The van der Waals surface area contributed by atoms with Crippen LogP contribution in [0.3, 0.4) is 0 Å². The molecule has 4 heteroatoms. The molecule has 1 amide bonds. The Kier molecular flexibility index (Phi) is 5.70. The highest BCUT2D eigenvalue weighted by Gasteiger charge is 2.29. The van der Waals surface area contributed by atoms with Gasteiger partial charge in [-0.3, -0.25) is 9.59 Å². The van der Waals surface area contributed by atoms with E-state index in [2.05, 4.69) is 20.9 Å². The van der Waals surface area contributed by atoms with Crippen LogP contribution in [0.5, 0.6) is 0 Å². The number of benzene rings is 1. The van der Waals surface area contributed by atoms with Crippen LogP contribution in [0.1, 0.15) is 43.6 Å². The van der Waals surface area contributed by atoms with Crippen LogP contribution in [-0.4, -0.2) is 17.4 Å². The summed E-state index contributed by atoms with van der Waals surface area (Å²) in [5.41, 5.74) is 3.52. The van der Waals surface area contributed by atoms with Crippen LogP contribution in [-0.2, 0) is 4.79 Å². The molecule has 0 saturated carbocycles. The molecule has 0 atom stereocenters. The molecule has 0 N–H and O–H groups in total. The van der Waals surface area contributed by atoms with Gasteiger partial charge in [0, 0.05) is 16.7 Å². The van der Waals surface area contributed by atoms with Crippen molar-refractivity contribution in [2.24, 2.45) is 16.8 Å². The molecule has 126 valence electrons. The fraction of sp³-hybridized carbons (Fsp3) is 0.350. The van der Waals surface area contributed by atoms with Crippen molar-refractivity contribution in [1.29, 1.82) is 0 Å². The fourth-order valence-electron chi connectivity index (χ4n) is 2.57. The Morgan fingerprint density at radius 2 is 1.62 bits per heavy atom. The quantitative estimate of drug-likeness (QED) is 0.681. The zero-order chi connectivity index (χ0) is 18.0. The monoisotopic (exact) mass is 387 g/mol. The highest BCUT2D eigenvalue weighted by atomic mass is 79.9. The predicted octanol–water partition coefficient (Wildman–Crippen LogP) is 5.05. The van der Waals surface area contributed by atoms with Crippen LogP contribution in [0, 0.1) is 18.8 Å². The zero-order valence-electron chi connectivity index (χ0n) is 14.7. The van der Waals surface area contributed by atoms with Gasteiger partial charge in [-0.05, 0) is 52.9 Å². The van der Waals surface area contributed by atoms with Crippen LogP contribution < -0.4 is 0 Å². The van der Waals surface area contributed by atoms with Crippen LogP contribution in [0.15, 0.2) is 51.0 Å². The lowest BCUT2D eigenvalue weighted by atomic mass is 9.84. The van der Waals surface area contributed by atoms with Gasteiger partial charge in [-0.1, -0.05) is 45.4 Å². The van der Waals surface area contributed by atoms with Crippen molar-refractivity contribution in [3.05, 3.63) is 57.1 Å². The molecule has 24 heavy (non-hydrogen) atoms. The lowest BCUT2D eigenvalue weighted by Gasteiger charge is -2.22. The van der Waals surface area contributed by atoms with E-state index >= 15 is 0 Å². The van der Waals surface area contributed by atoms with Crippen molar-refractivity contribution in [2.75, 3.05) is 0 Å². The summed E-state index contributed by atoms with van der Waals surface area (Å²) in [5, 5.41) is 0. The normalized spacial score (nSPS) is 17.1. The number of aliphatic imine (C=N–C) groups is 1. The van der Waals surface area contributed by atoms with E-state index in [0.29, 0.717) is 26.9 Å². The van der Waals surface area contributed by atoms with E-state index in [1.165, 1.54) is 0 Å². The summed E-state index contributed by atoms with van der Waals surface area (Å²) >= 11 is 3.48. The van der Waals surface area contributed by atoms with Gasteiger partial charge in [0.1, 0.15) is 0 Å². The number of aryl methyl sites for hydroxylation is 1. The third-order valence-corrected chi connectivity index (χ3v) is 4.81. The van der Waals surface area contributed by atoms with E-state index in [0.717, 1.165) is 5.56 Å².